The van der Waals surface area contributed by atoms with Crippen molar-refractivity contribution in [2.45, 2.75) is 33.0 Å². The van der Waals surface area contributed by atoms with Gasteiger partial charge in [0.25, 0.3) is 5.69 Å². The first-order valence-corrected chi connectivity index (χ1v) is 5.38. The first kappa shape index (κ1) is 12.9. The van der Waals surface area contributed by atoms with Crippen LogP contribution >= 0.6 is 11.6 Å². The lowest BCUT2D eigenvalue weighted by atomic mass is 10.2. The van der Waals surface area contributed by atoms with E-state index in [2.05, 4.69) is 6.07 Å². The van der Waals surface area contributed by atoms with Gasteiger partial charge in [-0.15, -0.1) is 0 Å². The fraction of sp³-hybridized carbons (Fsp3) is 0.455. The average molecular weight is 243 g/mol. The van der Waals surface area contributed by atoms with Crippen molar-refractivity contribution in [3.8, 4) is 0 Å². The summed E-state index contributed by atoms with van der Waals surface area (Å²) in [4.78, 5) is 10.2. The Balaban J connectivity index is 2.84. The van der Waals surface area contributed by atoms with Crippen molar-refractivity contribution < 1.29 is 9.66 Å². The largest absolute Gasteiger partial charge is 0.374 e. The third-order valence-corrected chi connectivity index (χ3v) is 2.46. The normalized spacial score (nSPS) is 12.4. The number of benzene rings is 1. The van der Waals surface area contributed by atoms with Crippen molar-refractivity contribution in [1.82, 2.24) is 0 Å². The molecule has 4 nitrogen and oxygen atoms in total. The molecule has 0 aliphatic rings. The predicted molar refractivity (Wildman–Crippen MR) is 61.5 cm³/mol. The van der Waals surface area contributed by atoms with Gasteiger partial charge in [0.2, 0.25) is 0 Å². The maximum Gasteiger partial charge on any atom is 0.283 e. The quantitative estimate of drug-likeness (QED) is 0.588. The van der Waals surface area contributed by atoms with E-state index in [-0.39, 0.29) is 18.4 Å². The predicted octanol–water partition coefficient (Wildman–Crippen LogP) is 3.36. The summed E-state index contributed by atoms with van der Waals surface area (Å²) in [6.07, 6.45) is 0.927. The van der Waals surface area contributed by atoms with Crippen LogP contribution in [-0.2, 0) is 11.3 Å². The highest BCUT2D eigenvalue weighted by Gasteiger charge is 2.15. The van der Waals surface area contributed by atoms with Crippen molar-refractivity contribution in [3.05, 3.63) is 38.9 Å². The maximum atomic E-state index is 10.7. The van der Waals surface area contributed by atoms with Crippen molar-refractivity contribution >= 4 is 17.3 Å². The van der Waals surface area contributed by atoms with Crippen LogP contribution in [0.3, 0.4) is 0 Å². The molecule has 1 aromatic carbocycles. The Morgan fingerprint density at radius 2 is 2.38 bits per heavy atom. The Morgan fingerprint density at radius 3 is 2.94 bits per heavy atom. The first-order chi connectivity index (χ1) is 7.54. The minimum Gasteiger partial charge on any atom is -0.374 e. The van der Waals surface area contributed by atoms with Crippen LogP contribution in [0.2, 0.25) is 5.02 Å². The number of hydrogen-bond acceptors (Lipinski definition) is 3. The Bertz CT molecular complexity index is 381. The van der Waals surface area contributed by atoms with Crippen molar-refractivity contribution in [2.24, 2.45) is 0 Å². The van der Waals surface area contributed by atoms with Gasteiger partial charge in [0, 0.05) is 5.02 Å². The zero-order valence-electron chi connectivity index (χ0n) is 9.20. The summed E-state index contributed by atoms with van der Waals surface area (Å²) in [7, 11) is 0. The molecule has 0 saturated carbocycles. The number of ether oxygens (including phenoxy) is 1. The van der Waals surface area contributed by atoms with Gasteiger partial charge < -0.3 is 4.74 Å². The molecular formula is C11H13ClNO3. The van der Waals surface area contributed by atoms with Crippen LogP contribution in [0, 0.1) is 16.2 Å². The van der Waals surface area contributed by atoms with E-state index in [1.165, 1.54) is 6.07 Å². The monoisotopic (exact) mass is 242 g/mol. The number of halogens is 1. The van der Waals surface area contributed by atoms with Crippen LogP contribution in [0.4, 0.5) is 5.69 Å². The molecular weight excluding hydrogens is 230 g/mol. The van der Waals surface area contributed by atoms with Crippen LogP contribution < -0.4 is 0 Å². The molecule has 0 aliphatic carbocycles. The molecule has 1 atom stereocenters. The molecule has 0 amide bonds. The Labute approximate surface area is 99.3 Å². The fourth-order valence-electron chi connectivity index (χ4n) is 1.14. The summed E-state index contributed by atoms with van der Waals surface area (Å²) in [5, 5.41) is 11.1. The Morgan fingerprint density at radius 1 is 1.69 bits per heavy atom. The van der Waals surface area contributed by atoms with Crippen LogP contribution in [0.5, 0.6) is 0 Å². The Hall–Kier alpha value is -1.13. The lowest BCUT2D eigenvalue weighted by molar-refractivity contribution is -0.386. The number of nitrogens with zero attached hydrogens (tertiary/aromatic N) is 1. The lowest BCUT2D eigenvalue weighted by Gasteiger charge is -2.10. The van der Waals surface area contributed by atoms with Crippen molar-refractivity contribution in [3.63, 3.8) is 0 Å². The van der Waals surface area contributed by atoms with Crippen molar-refractivity contribution in [1.29, 1.82) is 0 Å². The highest BCUT2D eigenvalue weighted by atomic mass is 35.5. The molecule has 0 aromatic heterocycles. The molecule has 0 spiro atoms. The zero-order valence-corrected chi connectivity index (χ0v) is 9.95. The minimum atomic E-state index is -0.481. The topological polar surface area (TPSA) is 52.4 Å². The SMILES string of the molecule is CCC(C)OCc1cc(Cl)c[c]c1[N+](=O)[O-]. The van der Waals surface area contributed by atoms with E-state index in [0.29, 0.717) is 10.6 Å². The first-order valence-electron chi connectivity index (χ1n) is 5.00. The van der Waals surface area contributed by atoms with E-state index >= 15 is 0 Å². The fourth-order valence-corrected chi connectivity index (χ4v) is 1.32. The van der Waals surface area contributed by atoms with Gasteiger partial charge in [-0.05, 0) is 25.5 Å². The van der Waals surface area contributed by atoms with Gasteiger partial charge in [-0.25, -0.2) is 0 Å². The molecule has 1 radical (unpaired) electrons. The van der Waals surface area contributed by atoms with Crippen LogP contribution in [0.1, 0.15) is 25.8 Å². The summed E-state index contributed by atoms with van der Waals surface area (Å²) in [6.45, 7) is 4.09. The standard InChI is InChI=1S/C11H13ClNO3/c1-3-8(2)16-7-9-6-10(12)4-5-11(9)13(14)15/h4,6,8H,3,7H2,1-2H3. The molecule has 87 valence electrons. The second-order valence-electron chi connectivity index (χ2n) is 3.48. The highest BCUT2D eigenvalue weighted by molar-refractivity contribution is 6.30. The highest BCUT2D eigenvalue weighted by Crippen LogP contribution is 2.23. The molecule has 0 saturated heterocycles. The van der Waals surface area contributed by atoms with Gasteiger partial charge in [0.1, 0.15) is 0 Å². The number of nitro benzene ring substituents is 1. The molecule has 0 N–H and O–H groups in total. The molecule has 1 aromatic rings. The zero-order chi connectivity index (χ0) is 12.1. The molecule has 1 rings (SSSR count). The maximum absolute atomic E-state index is 10.7. The summed E-state index contributed by atoms with van der Waals surface area (Å²) in [5.74, 6) is 0. The molecule has 1 unspecified atom stereocenters. The molecule has 16 heavy (non-hydrogen) atoms. The van der Waals surface area contributed by atoms with Crippen molar-refractivity contribution in [2.75, 3.05) is 0 Å². The van der Waals surface area contributed by atoms with E-state index < -0.39 is 4.92 Å². The van der Waals surface area contributed by atoms with Gasteiger partial charge >= 0.3 is 0 Å². The van der Waals surface area contributed by atoms with E-state index in [4.69, 9.17) is 16.3 Å². The van der Waals surface area contributed by atoms with Gasteiger partial charge in [0.05, 0.1) is 29.3 Å². The molecule has 0 heterocycles. The Kier molecular flexibility index (Phi) is 4.71. The second-order valence-corrected chi connectivity index (χ2v) is 3.92. The minimum absolute atomic E-state index is 0.0681. The van der Waals surface area contributed by atoms with Gasteiger partial charge in [0.15, 0.2) is 0 Å². The number of nitro groups is 1. The average Bonchev–Trinajstić information content (AvgIpc) is 2.25. The van der Waals surface area contributed by atoms with Gasteiger partial charge in [-0.3, -0.25) is 10.1 Å². The van der Waals surface area contributed by atoms with Crippen LogP contribution in [0.25, 0.3) is 0 Å². The van der Waals surface area contributed by atoms with E-state index in [1.54, 1.807) is 6.07 Å². The smallest absolute Gasteiger partial charge is 0.283 e. The third-order valence-electron chi connectivity index (χ3n) is 2.24. The summed E-state index contributed by atoms with van der Waals surface area (Å²) < 4.78 is 5.44. The van der Waals surface area contributed by atoms with Gasteiger partial charge in [-0.2, -0.15) is 0 Å². The van der Waals surface area contributed by atoms with E-state index in [1.807, 2.05) is 13.8 Å². The third kappa shape index (κ3) is 3.47. The summed E-state index contributed by atoms with van der Waals surface area (Å²) >= 11 is 5.76. The molecule has 0 bridgehead atoms. The summed E-state index contributed by atoms with van der Waals surface area (Å²) in [5.41, 5.74) is 0.380. The van der Waals surface area contributed by atoms with Crippen LogP contribution in [0.15, 0.2) is 12.1 Å². The van der Waals surface area contributed by atoms with E-state index in [9.17, 15) is 10.1 Å². The lowest BCUT2D eigenvalue weighted by Crippen LogP contribution is -2.07. The molecule has 5 heteroatoms. The molecule has 0 aliphatic heterocycles. The molecule has 0 fully saturated rings. The van der Waals surface area contributed by atoms with Gasteiger partial charge in [-0.1, -0.05) is 18.5 Å². The summed E-state index contributed by atoms with van der Waals surface area (Å²) in [6, 6.07) is 5.46. The number of hydrogen-bond donors (Lipinski definition) is 0. The van der Waals surface area contributed by atoms with Crippen LogP contribution in [-0.4, -0.2) is 11.0 Å². The second kappa shape index (κ2) is 5.82. The number of rotatable bonds is 5. The van der Waals surface area contributed by atoms with E-state index in [0.717, 1.165) is 6.42 Å².